The number of carbonyl (C=O) groups is 5. The number of aromatic carboxylic acids is 1. The lowest BCUT2D eigenvalue weighted by Gasteiger charge is -2.27. The highest BCUT2D eigenvalue weighted by atomic mass is 35.5. The Labute approximate surface area is 343 Å². The topological polar surface area (TPSA) is 156 Å². The fourth-order valence-corrected chi connectivity index (χ4v) is 8.57. The van der Waals surface area contributed by atoms with Gasteiger partial charge in [-0.25, -0.2) is 4.79 Å². The molecule has 0 radical (unpaired) electrons. The zero-order chi connectivity index (χ0) is 39.6. The molecule has 13 heteroatoms. The van der Waals surface area contributed by atoms with Crippen LogP contribution in [-0.2, 0) is 41.8 Å². The summed E-state index contributed by atoms with van der Waals surface area (Å²) in [6, 6.07) is 22.7. The van der Waals surface area contributed by atoms with Gasteiger partial charge in [-0.05, 0) is 123 Å². The van der Waals surface area contributed by atoms with Gasteiger partial charge in [0.05, 0.1) is 17.5 Å². The predicted molar refractivity (Wildman–Crippen MR) is 225 cm³/mol. The summed E-state index contributed by atoms with van der Waals surface area (Å²) in [7, 11) is 0. The number of nitrogens with one attached hydrogen (secondary N) is 2. The van der Waals surface area contributed by atoms with Crippen LogP contribution in [0.4, 0.5) is 10.7 Å². The number of carboxylic acid groups (broad SMARTS) is 2. The maximum absolute atomic E-state index is 13.9. The molecule has 1 saturated carbocycles. The first-order chi connectivity index (χ1) is 27.1. The van der Waals surface area contributed by atoms with E-state index in [1.807, 2.05) is 61.5 Å². The summed E-state index contributed by atoms with van der Waals surface area (Å²) in [5.74, 6) is -2.58. The Morgan fingerprint density at radius 3 is 2.11 bits per heavy atom. The van der Waals surface area contributed by atoms with E-state index in [0.29, 0.717) is 54.0 Å². The minimum atomic E-state index is -0.979. The number of amides is 3. The van der Waals surface area contributed by atoms with Crippen LogP contribution in [0.15, 0.2) is 72.8 Å². The van der Waals surface area contributed by atoms with E-state index < -0.39 is 11.9 Å². The van der Waals surface area contributed by atoms with Gasteiger partial charge in [0.1, 0.15) is 5.00 Å². The minimum Gasteiger partial charge on any atom is -0.481 e. The Bertz CT molecular complexity index is 2050. The number of carboxylic acids is 2. The number of likely N-dealkylation sites (N-methyl/N-ethyl adjacent to an activating group) is 1. The first kappa shape index (κ1) is 43.1. The summed E-state index contributed by atoms with van der Waals surface area (Å²) < 4.78 is 0. The third-order valence-corrected chi connectivity index (χ3v) is 11.8. The number of hydrogen-bond acceptors (Lipinski definition) is 7. The number of halogens is 1. The van der Waals surface area contributed by atoms with E-state index in [-0.39, 0.29) is 48.5 Å². The summed E-state index contributed by atoms with van der Waals surface area (Å²) in [5.41, 5.74) is 6.21. The van der Waals surface area contributed by atoms with E-state index >= 15 is 0 Å². The number of carbonyl (C=O) groups excluding carboxylic acids is 3. The lowest BCUT2D eigenvalue weighted by atomic mass is 9.95. The van der Waals surface area contributed by atoms with Crippen molar-refractivity contribution in [3.63, 3.8) is 0 Å². The average molecular weight is 815 g/mol. The summed E-state index contributed by atoms with van der Waals surface area (Å²) in [4.78, 5) is 67.5. The van der Waals surface area contributed by atoms with Crippen LogP contribution in [0.2, 0.25) is 0 Å². The van der Waals surface area contributed by atoms with E-state index in [1.165, 1.54) is 11.3 Å². The Morgan fingerprint density at radius 1 is 0.772 bits per heavy atom. The molecule has 2 aliphatic rings. The van der Waals surface area contributed by atoms with Crippen molar-refractivity contribution < 1.29 is 34.2 Å². The third kappa shape index (κ3) is 12.0. The number of nitrogens with zero attached hydrogens (tertiary/aromatic N) is 2. The van der Waals surface area contributed by atoms with E-state index in [2.05, 4.69) is 15.5 Å². The minimum absolute atomic E-state index is 0. The van der Waals surface area contributed by atoms with Gasteiger partial charge in [-0.3, -0.25) is 24.1 Å². The van der Waals surface area contributed by atoms with Gasteiger partial charge in [-0.2, -0.15) is 0 Å². The van der Waals surface area contributed by atoms with Crippen molar-refractivity contribution in [2.75, 3.05) is 30.3 Å². The second-order valence-corrected chi connectivity index (χ2v) is 15.8. The van der Waals surface area contributed by atoms with Crippen molar-refractivity contribution in [2.24, 2.45) is 0 Å². The average Bonchev–Trinajstić information content (AvgIpc) is 3.98. The van der Waals surface area contributed by atoms with Crippen molar-refractivity contribution in [3.05, 3.63) is 117 Å². The van der Waals surface area contributed by atoms with Crippen molar-refractivity contribution in [1.82, 2.24) is 9.80 Å². The summed E-state index contributed by atoms with van der Waals surface area (Å²) in [6.07, 6.45) is 8.24. The monoisotopic (exact) mass is 814 g/mol. The van der Waals surface area contributed by atoms with Crippen LogP contribution in [0.3, 0.4) is 0 Å². The van der Waals surface area contributed by atoms with Crippen LogP contribution in [0.1, 0.15) is 110 Å². The standard InChI is InChI=1S/C44H50N4O7S.ClH/c1-2-47(38(49)23-24-39(50)51)25-26-48(35-21-22-35)28-31-9-6-10-33(27-31)41(52)46-43-40(36-11-3-4-12-37(36)56-43)42(53)45-34-19-15-30(16-20-34)8-5-7-29-13-17-32(18-14-29)44(54)55;/h6,9-10,13-20,27,35H,2-5,7-8,11-12,21-26,28H2,1H3,(H,45,53)(H,46,52)(H,50,51)(H,54,55);1H. The van der Waals surface area contributed by atoms with Gasteiger partial charge in [0.25, 0.3) is 11.8 Å². The van der Waals surface area contributed by atoms with Gasteiger partial charge in [-0.15, -0.1) is 23.7 Å². The highest BCUT2D eigenvalue weighted by Gasteiger charge is 2.30. The molecule has 0 atom stereocenters. The quantitative estimate of drug-likeness (QED) is 0.0740. The van der Waals surface area contributed by atoms with Gasteiger partial charge in [0.2, 0.25) is 5.91 Å². The molecule has 1 fully saturated rings. The molecule has 3 aromatic carbocycles. The van der Waals surface area contributed by atoms with Crippen LogP contribution < -0.4 is 10.6 Å². The highest BCUT2D eigenvalue weighted by Crippen LogP contribution is 2.39. The maximum atomic E-state index is 13.9. The first-order valence-corrected chi connectivity index (χ1v) is 20.4. The van der Waals surface area contributed by atoms with Gasteiger partial charge in [-0.1, -0.05) is 36.4 Å². The molecule has 302 valence electrons. The largest absolute Gasteiger partial charge is 0.481 e. The van der Waals surface area contributed by atoms with E-state index in [0.717, 1.165) is 84.9 Å². The van der Waals surface area contributed by atoms with Crippen LogP contribution in [0, 0.1) is 0 Å². The Morgan fingerprint density at radius 2 is 1.46 bits per heavy atom. The first-order valence-electron chi connectivity index (χ1n) is 19.6. The number of fused-ring (bicyclic) bond motifs is 1. The van der Waals surface area contributed by atoms with E-state index in [4.69, 9.17) is 10.2 Å². The van der Waals surface area contributed by atoms with Gasteiger partial charge >= 0.3 is 11.9 Å². The van der Waals surface area contributed by atoms with Crippen LogP contribution >= 0.6 is 23.7 Å². The Kier molecular flexibility index (Phi) is 15.4. The zero-order valence-electron chi connectivity index (χ0n) is 32.3. The third-order valence-electron chi connectivity index (χ3n) is 10.6. The van der Waals surface area contributed by atoms with Gasteiger partial charge in [0, 0.05) is 54.8 Å². The molecule has 4 aromatic rings. The molecular weight excluding hydrogens is 764 g/mol. The molecule has 1 aromatic heterocycles. The van der Waals surface area contributed by atoms with Crippen LogP contribution in [0.25, 0.3) is 0 Å². The summed E-state index contributed by atoms with van der Waals surface area (Å²) >= 11 is 1.49. The van der Waals surface area contributed by atoms with E-state index in [1.54, 1.807) is 23.1 Å². The van der Waals surface area contributed by atoms with Crippen LogP contribution in [0.5, 0.6) is 0 Å². The second-order valence-electron chi connectivity index (χ2n) is 14.6. The number of aryl methyl sites for hydroxylation is 3. The molecule has 3 amide bonds. The number of hydrogen-bond donors (Lipinski definition) is 4. The number of benzene rings is 3. The fraction of sp³-hybridized carbons (Fsp3) is 0.386. The number of anilines is 2. The van der Waals surface area contributed by atoms with Crippen molar-refractivity contribution in [1.29, 1.82) is 0 Å². The van der Waals surface area contributed by atoms with Crippen molar-refractivity contribution >= 4 is 64.1 Å². The van der Waals surface area contributed by atoms with Crippen LogP contribution in [-0.4, -0.2) is 75.3 Å². The SMILES string of the molecule is CCN(CCN(Cc1cccc(C(=O)Nc2sc3c(c2C(=O)Nc2ccc(CCCc4ccc(C(=O)O)cc4)cc2)CCCC3)c1)C1CC1)C(=O)CCC(=O)O.Cl. The fourth-order valence-electron chi connectivity index (χ4n) is 7.28. The molecule has 0 unspecified atom stereocenters. The normalized spacial score (nSPS) is 13.3. The molecule has 6 rings (SSSR count). The smallest absolute Gasteiger partial charge is 0.335 e. The van der Waals surface area contributed by atoms with Gasteiger partial charge in [0.15, 0.2) is 0 Å². The lowest BCUT2D eigenvalue weighted by molar-refractivity contribution is -0.140. The zero-order valence-corrected chi connectivity index (χ0v) is 33.9. The molecule has 1 heterocycles. The number of aliphatic carboxylic acids is 1. The van der Waals surface area contributed by atoms with Crippen molar-refractivity contribution in [2.45, 2.75) is 90.1 Å². The summed E-state index contributed by atoms with van der Waals surface area (Å²) in [5, 5.41) is 24.8. The maximum Gasteiger partial charge on any atom is 0.335 e. The molecule has 11 nitrogen and oxygen atoms in total. The Balaban J connectivity index is 0.00000620. The second kappa shape index (κ2) is 20.4. The van der Waals surface area contributed by atoms with Gasteiger partial charge < -0.3 is 25.7 Å². The molecule has 57 heavy (non-hydrogen) atoms. The molecule has 4 N–H and O–H groups in total. The molecule has 0 bridgehead atoms. The van der Waals surface area contributed by atoms with E-state index in [9.17, 15) is 24.0 Å². The molecular formula is C44H51ClN4O7S. The highest BCUT2D eigenvalue weighted by molar-refractivity contribution is 7.17. The molecule has 0 spiro atoms. The number of rotatable bonds is 19. The molecule has 0 saturated heterocycles. The Hall–Kier alpha value is -5.04. The predicted octanol–water partition coefficient (Wildman–Crippen LogP) is 8.10. The number of thiophene rings is 1. The lowest BCUT2D eigenvalue weighted by Crippen LogP contribution is -2.39. The summed E-state index contributed by atoms with van der Waals surface area (Å²) in [6.45, 7) is 4.20. The van der Waals surface area contributed by atoms with Crippen molar-refractivity contribution in [3.8, 4) is 0 Å². The molecule has 0 aliphatic heterocycles. The molecule has 2 aliphatic carbocycles.